The molecule has 0 aliphatic heterocycles. The summed E-state index contributed by atoms with van der Waals surface area (Å²) in [6.07, 6.45) is 6.75. The van der Waals surface area contributed by atoms with Crippen LogP contribution in [0.3, 0.4) is 0 Å². The first kappa shape index (κ1) is 27.8. The van der Waals surface area contributed by atoms with E-state index in [1.807, 2.05) is 27.7 Å². The van der Waals surface area contributed by atoms with E-state index in [1.54, 1.807) is 36.0 Å². The van der Waals surface area contributed by atoms with Gasteiger partial charge in [0.25, 0.3) is 10.1 Å². The second-order valence-electron chi connectivity index (χ2n) is 13.2. The molecule has 202 valence electrons. The number of ether oxygens (including phenoxy) is 1. The summed E-state index contributed by atoms with van der Waals surface area (Å²) in [5.41, 5.74) is 0.897. The highest BCUT2D eigenvalue weighted by molar-refractivity contribution is 7.99. The predicted octanol–water partition coefficient (Wildman–Crippen LogP) is 6.42. The molecule has 1 aromatic carbocycles. The van der Waals surface area contributed by atoms with Gasteiger partial charge in [-0.25, -0.2) is 4.79 Å². The highest BCUT2D eigenvalue weighted by atomic mass is 32.2. The molecule has 1 amide bonds. The quantitative estimate of drug-likeness (QED) is 0.267. The maximum Gasteiger partial charge on any atom is 0.410 e. The van der Waals surface area contributed by atoms with Crippen LogP contribution in [0.25, 0.3) is 0 Å². The van der Waals surface area contributed by atoms with E-state index in [0.29, 0.717) is 34.8 Å². The number of carbonyl (C=O) groups is 1. The van der Waals surface area contributed by atoms with Crippen molar-refractivity contribution in [2.75, 3.05) is 24.7 Å². The molecule has 6 nitrogen and oxygen atoms in total. The van der Waals surface area contributed by atoms with E-state index in [1.165, 1.54) is 19.3 Å². The van der Waals surface area contributed by atoms with Crippen molar-refractivity contribution >= 4 is 28.0 Å². The lowest BCUT2D eigenvalue weighted by atomic mass is 9.42. The van der Waals surface area contributed by atoms with Gasteiger partial charge in [0.1, 0.15) is 5.60 Å². The Morgan fingerprint density at radius 1 is 1.03 bits per heavy atom. The van der Waals surface area contributed by atoms with Crippen LogP contribution in [0.1, 0.15) is 78.7 Å². The zero-order valence-corrected chi connectivity index (χ0v) is 24.4. The Bertz CT molecular complexity index is 1040. The van der Waals surface area contributed by atoms with Crippen molar-refractivity contribution in [2.45, 2.75) is 96.1 Å². The molecule has 5 rings (SSSR count). The largest absolute Gasteiger partial charge is 0.444 e. The van der Waals surface area contributed by atoms with Gasteiger partial charge in [0.15, 0.2) is 0 Å². The van der Waals surface area contributed by atoms with E-state index in [2.05, 4.69) is 18.7 Å². The fraction of sp³-hybridized carbons (Fsp3) is 0.750. The SMILES string of the molecule is Cc1ccc(S(=O)(=O)OCCSCCN(C(=O)OC(C)(C)C)C23CC4C[C@@](C)(C2)C[C@](C)(C4)C3)cc1. The fourth-order valence-corrected chi connectivity index (χ4v) is 9.49. The summed E-state index contributed by atoms with van der Waals surface area (Å²) in [5.74, 6) is 1.93. The van der Waals surface area contributed by atoms with Crippen LogP contribution in [-0.2, 0) is 19.0 Å². The Balaban J connectivity index is 1.37. The van der Waals surface area contributed by atoms with Crippen LogP contribution in [0.4, 0.5) is 4.79 Å². The van der Waals surface area contributed by atoms with Crippen molar-refractivity contribution < 1.29 is 22.1 Å². The minimum Gasteiger partial charge on any atom is -0.444 e. The molecule has 0 N–H and O–H groups in total. The van der Waals surface area contributed by atoms with Crippen LogP contribution in [0.5, 0.6) is 0 Å². The molecule has 2 unspecified atom stereocenters. The first-order valence-electron chi connectivity index (χ1n) is 13.2. The minimum absolute atomic E-state index is 0.108. The Labute approximate surface area is 222 Å². The molecule has 0 heterocycles. The van der Waals surface area contributed by atoms with Gasteiger partial charge in [0.05, 0.1) is 11.5 Å². The van der Waals surface area contributed by atoms with Gasteiger partial charge in [-0.05, 0) is 95.1 Å². The number of hydrogen-bond donors (Lipinski definition) is 0. The third kappa shape index (κ3) is 6.24. The van der Waals surface area contributed by atoms with Gasteiger partial charge in [-0.1, -0.05) is 31.5 Å². The summed E-state index contributed by atoms with van der Waals surface area (Å²) in [6.45, 7) is 13.2. The molecule has 4 atom stereocenters. The number of rotatable bonds is 9. The van der Waals surface area contributed by atoms with Crippen molar-refractivity contribution in [2.24, 2.45) is 16.7 Å². The molecule has 0 spiro atoms. The average molecular weight is 538 g/mol. The molecule has 36 heavy (non-hydrogen) atoms. The monoisotopic (exact) mass is 537 g/mol. The van der Waals surface area contributed by atoms with Crippen LogP contribution in [0, 0.1) is 23.7 Å². The Morgan fingerprint density at radius 2 is 1.64 bits per heavy atom. The zero-order valence-electron chi connectivity index (χ0n) is 22.8. The molecule has 0 saturated heterocycles. The topological polar surface area (TPSA) is 72.9 Å². The number of benzene rings is 1. The van der Waals surface area contributed by atoms with E-state index in [4.69, 9.17) is 8.92 Å². The maximum absolute atomic E-state index is 13.5. The van der Waals surface area contributed by atoms with E-state index in [0.717, 1.165) is 24.8 Å². The van der Waals surface area contributed by atoms with Gasteiger partial charge in [-0.15, -0.1) is 0 Å². The van der Waals surface area contributed by atoms with Crippen molar-refractivity contribution in [1.82, 2.24) is 4.90 Å². The molecule has 4 fully saturated rings. The average Bonchev–Trinajstić information content (AvgIpc) is 2.69. The highest BCUT2D eigenvalue weighted by Crippen LogP contribution is 2.67. The molecule has 4 aliphatic carbocycles. The number of amides is 1. The van der Waals surface area contributed by atoms with Gasteiger partial charge in [0, 0.05) is 23.6 Å². The Kier molecular flexibility index (Phi) is 7.57. The number of hydrogen-bond acceptors (Lipinski definition) is 6. The smallest absolute Gasteiger partial charge is 0.410 e. The van der Waals surface area contributed by atoms with Crippen molar-refractivity contribution in [3.63, 3.8) is 0 Å². The van der Waals surface area contributed by atoms with Crippen molar-refractivity contribution in [3.05, 3.63) is 29.8 Å². The third-order valence-electron chi connectivity index (χ3n) is 8.02. The summed E-state index contributed by atoms with van der Waals surface area (Å²) >= 11 is 1.62. The van der Waals surface area contributed by atoms with Gasteiger partial charge in [0.2, 0.25) is 0 Å². The number of carbonyl (C=O) groups excluding carboxylic acids is 1. The maximum atomic E-state index is 13.5. The molecule has 4 saturated carbocycles. The molecule has 4 bridgehead atoms. The minimum atomic E-state index is -3.76. The lowest BCUT2D eigenvalue weighted by Gasteiger charge is -2.67. The Morgan fingerprint density at radius 3 is 2.19 bits per heavy atom. The van der Waals surface area contributed by atoms with Crippen molar-refractivity contribution in [3.8, 4) is 0 Å². The second-order valence-corrected chi connectivity index (χ2v) is 16.0. The van der Waals surface area contributed by atoms with Gasteiger partial charge >= 0.3 is 6.09 Å². The molecule has 4 aliphatic rings. The molecule has 0 aromatic heterocycles. The van der Waals surface area contributed by atoms with E-state index in [9.17, 15) is 13.2 Å². The fourth-order valence-electron chi connectivity index (χ4n) is 7.76. The molecular formula is C28H43NO5S2. The highest BCUT2D eigenvalue weighted by Gasteiger charge is 2.62. The normalized spacial score (nSPS) is 31.4. The van der Waals surface area contributed by atoms with Gasteiger partial charge in [-0.2, -0.15) is 20.2 Å². The van der Waals surface area contributed by atoms with Gasteiger partial charge in [-0.3, -0.25) is 4.18 Å². The van der Waals surface area contributed by atoms with Crippen LogP contribution in [0.2, 0.25) is 0 Å². The predicted molar refractivity (Wildman–Crippen MR) is 145 cm³/mol. The molecular weight excluding hydrogens is 494 g/mol. The van der Waals surface area contributed by atoms with Crippen molar-refractivity contribution in [1.29, 1.82) is 0 Å². The summed E-state index contributed by atoms with van der Waals surface area (Å²) in [6, 6.07) is 6.68. The van der Waals surface area contributed by atoms with E-state index < -0.39 is 15.7 Å². The third-order valence-corrected chi connectivity index (χ3v) is 10.3. The second kappa shape index (κ2) is 9.81. The first-order chi connectivity index (χ1) is 16.6. The van der Waals surface area contributed by atoms with Gasteiger partial charge < -0.3 is 9.64 Å². The molecule has 1 aromatic rings. The lowest BCUT2D eigenvalue weighted by molar-refractivity contribution is -0.155. The number of thioether (sulfide) groups is 1. The lowest BCUT2D eigenvalue weighted by Crippen LogP contribution is -2.66. The van der Waals surface area contributed by atoms with E-state index in [-0.39, 0.29) is 23.1 Å². The summed E-state index contributed by atoms with van der Waals surface area (Å²) in [4.78, 5) is 15.7. The summed E-state index contributed by atoms with van der Waals surface area (Å²) < 4.78 is 36.0. The zero-order chi connectivity index (χ0) is 26.4. The standard InChI is InChI=1S/C28H43NO5S2/c1-21-7-9-23(10-8-21)36(31,32)33-12-14-35-13-11-29(24(30)34-25(2,3)4)28-17-22-15-26(5,19-28)18-27(6,16-22)20-28/h7-10,22H,11-20H2,1-6H3/t22?,26-,27+,28?. The molecule has 0 radical (unpaired) electrons. The summed E-state index contributed by atoms with van der Waals surface area (Å²) in [7, 11) is -3.76. The van der Waals surface area contributed by atoms with Crippen LogP contribution < -0.4 is 0 Å². The van der Waals surface area contributed by atoms with Crippen LogP contribution in [0.15, 0.2) is 29.2 Å². The van der Waals surface area contributed by atoms with E-state index >= 15 is 0 Å². The first-order valence-corrected chi connectivity index (χ1v) is 15.7. The summed E-state index contributed by atoms with van der Waals surface area (Å²) in [5, 5.41) is 0. The Hall–Kier alpha value is -1.25. The van der Waals surface area contributed by atoms with Crippen LogP contribution in [-0.4, -0.2) is 55.2 Å². The number of aryl methyl sites for hydroxylation is 1. The van der Waals surface area contributed by atoms with Crippen LogP contribution >= 0.6 is 11.8 Å². The molecule has 8 heteroatoms. The number of nitrogens with zero attached hydrogens (tertiary/aromatic N) is 1.